The van der Waals surface area contributed by atoms with Crippen molar-refractivity contribution in [2.45, 2.75) is 32.2 Å². The number of amides is 1. The maximum Gasteiger partial charge on any atom is 0.335 e. The number of hydrogen-bond acceptors (Lipinski definition) is 2. The average Bonchev–Trinajstić information content (AvgIpc) is 2.96. The highest BCUT2D eigenvalue weighted by molar-refractivity contribution is 5.98. The van der Waals surface area contributed by atoms with Gasteiger partial charge in [-0.2, -0.15) is 0 Å². The summed E-state index contributed by atoms with van der Waals surface area (Å²) in [6.07, 6.45) is 0.925. The third kappa shape index (κ3) is 3.04. The van der Waals surface area contributed by atoms with E-state index < -0.39 is 5.97 Å². The lowest BCUT2D eigenvalue weighted by molar-refractivity contribution is 0.0696. The van der Waals surface area contributed by atoms with Gasteiger partial charge in [-0.3, -0.25) is 4.79 Å². The van der Waals surface area contributed by atoms with Gasteiger partial charge in [0.2, 0.25) is 0 Å². The van der Waals surface area contributed by atoms with Gasteiger partial charge in [-0.15, -0.1) is 0 Å². The fourth-order valence-corrected chi connectivity index (χ4v) is 3.57. The monoisotopic (exact) mass is 323 g/mol. The highest BCUT2D eigenvalue weighted by Gasteiger charge is 2.35. The Hall–Kier alpha value is -2.62. The molecule has 0 spiro atoms. The average molecular weight is 323 g/mol. The summed E-state index contributed by atoms with van der Waals surface area (Å²) >= 11 is 0. The van der Waals surface area contributed by atoms with Crippen molar-refractivity contribution in [2.24, 2.45) is 0 Å². The van der Waals surface area contributed by atoms with Crippen molar-refractivity contribution < 1.29 is 14.7 Å². The van der Waals surface area contributed by atoms with E-state index in [1.807, 2.05) is 30.0 Å². The number of nitrogens with zero attached hydrogens (tertiary/aromatic N) is 1. The van der Waals surface area contributed by atoms with Gasteiger partial charge in [0.25, 0.3) is 5.91 Å². The molecule has 0 radical (unpaired) electrons. The van der Waals surface area contributed by atoms with Crippen LogP contribution in [0.15, 0.2) is 48.5 Å². The number of benzene rings is 2. The van der Waals surface area contributed by atoms with Crippen LogP contribution in [0.5, 0.6) is 0 Å². The van der Waals surface area contributed by atoms with Gasteiger partial charge in [0.15, 0.2) is 0 Å². The van der Waals surface area contributed by atoms with Gasteiger partial charge in [0.05, 0.1) is 5.56 Å². The summed E-state index contributed by atoms with van der Waals surface area (Å²) in [5.74, 6) is -0.782. The summed E-state index contributed by atoms with van der Waals surface area (Å²) < 4.78 is 0. The van der Waals surface area contributed by atoms with Gasteiger partial charge in [-0.1, -0.05) is 30.3 Å². The molecule has 4 heteroatoms. The number of carbonyl (C=O) groups is 2. The lowest BCUT2D eigenvalue weighted by Gasteiger charge is -2.25. The first-order chi connectivity index (χ1) is 11.5. The Kier molecular flexibility index (Phi) is 4.38. The molecule has 2 atom stereocenters. The number of aromatic carboxylic acids is 1. The Bertz CT molecular complexity index is 770. The Morgan fingerprint density at radius 1 is 1.08 bits per heavy atom. The van der Waals surface area contributed by atoms with Crippen molar-refractivity contribution in [2.75, 3.05) is 6.54 Å². The zero-order valence-corrected chi connectivity index (χ0v) is 13.9. The number of hydrogen-bond donors (Lipinski definition) is 1. The zero-order valence-electron chi connectivity index (χ0n) is 13.9. The largest absolute Gasteiger partial charge is 0.478 e. The minimum atomic E-state index is -1.01. The van der Waals surface area contributed by atoms with Gasteiger partial charge in [-0.05, 0) is 49.6 Å². The van der Waals surface area contributed by atoms with Crippen molar-refractivity contribution in [1.29, 1.82) is 0 Å². The summed E-state index contributed by atoms with van der Waals surface area (Å²) in [4.78, 5) is 26.0. The van der Waals surface area contributed by atoms with Crippen molar-refractivity contribution in [1.82, 2.24) is 4.90 Å². The van der Waals surface area contributed by atoms with E-state index in [2.05, 4.69) is 19.1 Å². The normalized spacial score (nSPS) is 20.2. The number of carboxylic acids is 1. The first-order valence-electron chi connectivity index (χ1n) is 8.18. The molecule has 0 aromatic heterocycles. The second-order valence-electron chi connectivity index (χ2n) is 6.44. The summed E-state index contributed by atoms with van der Waals surface area (Å²) in [6, 6.07) is 15.1. The second-order valence-corrected chi connectivity index (χ2v) is 6.44. The van der Waals surface area contributed by atoms with Crippen LogP contribution in [0.25, 0.3) is 0 Å². The number of rotatable bonds is 3. The topological polar surface area (TPSA) is 57.6 Å². The Balaban J connectivity index is 1.85. The van der Waals surface area contributed by atoms with E-state index in [1.54, 1.807) is 12.1 Å². The Morgan fingerprint density at radius 2 is 1.75 bits per heavy atom. The Morgan fingerprint density at radius 3 is 2.42 bits per heavy atom. The van der Waals surface area contributed by atoms with E-state index in [4.69, 9.17) is 0 Å². The molecule has 1 fully saturated rings. The van der Waals surface area contributed by atoms with Crippen LogP contribution >= 0.6 is 0 Å². The molecule has 1 aliphatic rings. The summed E-state index contributed by atoms with van der Waals surface area (Å²) in [6.45, 7) is 4.57. The number of carboxylic acid groups (broad SMARTS) is 1. The van der Waals surface area contributed by atoms with Gasteiger partial charge < -0.3 is 10.0 Å². The van der Waals surface area contributed by atoms with E-state index in [9.17, 15) is 14.7 Å². The van der Waals surface area contributed by atoms with E-state index in [1.165, 1.54) is 11.6 Å². The predicted molar refractivity (Wildman–Crippen MR) is 92.4 cm³/mol. The van der Waals surface area contributed by atoms with Gasteiger partial charge in [0, 0.05) is 24.1 Å². The van der Waals surface area contributed by atoms with Crippen molar-refractivity contribution in [3.8, 4) is 0 Å². The lowest BCUT2D eigenvalue weighted by Crippen LogP contribution is -2.35. The molecule has 1 N–H and O–H groups in total. The molecule has 1 heterocycles. The van der Waals surface area contributed by atoms with Gasteiger partial charge in [0.1, 0.15) is 0 Å². The SMILES string of the molecule is Cc1cc(C(=O)O)cc(C(=O)N2CCC(c3ccccc3)C2C)c1. The Labute approximate surface area is 141 Å². The highest BCUT2D eigenvalue weighted by atomic mass is 16.4. The fraction of sp³-hybridized carbons (Fsp3) is 0.300. The predicted octanol–water partition coefficient (Wildman–Crippen LogP) is 3.71. The van der Waals surface area contributed by atoms with Crippen LogP contribution in [0.2, 0.25) is 0 Å². The summed E-state index contributed by atoms with van der Waals surface area (Å²) in [5.41, 5.74) is 2.64. The molecule has 1 aliphatic heterocycles. The van der Waals surface area contributed by atoms with Crippen molar-refractivity contribution in [3.05, 3.63) is 70.8 Å². The second kappa shape index (κ2) is 6.48. The van der Waals surface area contributed by atoms with Crippen LogP contribution in [0, 0.1) is 6.92 Å². The molecule has 1 saturated heterocycles. The van der Waals surface area contributed by atoms with E-state index in [0.29, 0.717) is 18.0 Å². The van der Waals surface area contributed by atoms with Crippen LogP contribution < -0.4 is 0 Å². The minimum absolute atomic E-state index is 0.0906. The third-order valence-electron chi connectivity index (χ3n) is 4.81. The van der Waals surface area contributed by atoms with E-state index in [-0.39, 0.29) is 17.5 Å². The van der Waals surface area contributed by atoms with E-state index >= 15 is 0 Å². The van der Waals surface area contributed by atoms with Gasteiger partial charge >= 0.3 is 5.97 Å². The number of aryl methyl sites for hydroxylation is 1. The molecule has 1 amide bonds. The maximum atomic E-state index is 12.9. The molecular weight excluding hydrogens is 302 g/mol. The number of carbonyl (C=O) groups excluding carboxylic acids is 1. The zero-order chi connectivity index (χ0) is 17.3. The smallest absolute Gasteiger partial charge is 0.335 e. The molecule has 3 rings (SSSR count). The molecule has 0 bridgehead atoms. The van der Waals surface area contributed by atoms with Gasteiger partial charge in [-0.25, -0.2) is 4.79 Å². The standard InChI is InChI=1S/C20H21NO3/c1-13-10-16(12-17(11-13)20(23)24)19(22)21-9-8-18(14(21)2)15-6-4-3-5-7-15/h3-7,10-12,14,18H,8-9H2,1-2H3,(H,23,24). The highest BCUT2D eigenvalue weighted by Crippen LogP contribution is 2.34. The van der Waals surface area contributed by atoms with E-state index in [0.717, 1.165) is 12.0 Å². The third-order valence-corrected chi connectivity index (χ3v) is 4.81. The molecule has 2 aromatic carbocycles. The molecule has 0 saturated carbocycles. The lowest BCUT2D eigenvalue weighted by atomic mass is 9.93. The molecular formula is C20H21NO3. The van der Waals surface area contributed by atoms with Crippen LogP contribution in [-0.4, -0.2) is 34.5 Å². The van der Waals surface area contributed by atoms with Crippen LogP contribution in [0.4, 0.5) is 0 Å². The molecule has 0 aliphatic carbocycles. The molecule has 2 unspecified atom stereocenters. The van der Waals surface area contributed by atoms with Crippen LogP contribution in [-0.2, 0) is 0 Å². The first-order valence-corrected chi connectivity index (χ1v) is 8.18. The molecule has 2 aromatic rings. The molecule has 4 nitrogen and oxygen atoms in total. The summed E-state index contributed by atoms with van der Waals surface area (Å²) in [5, 5.41) is 9.20. The number of likely N-dealkylation sites (tertiary alicyclic amines) is 1. The quantitative estimate of drug-likeness (QED) is 0.937. The van der Waals surface area contributed by atoms with Crippen LogP contribution in [0.1, 0.15) is 51.1 Å². The fourth-order valence-electron chi connectivity index (χ4n) is 3.57. The van der Waals surface area contributed by atoms with Crippen molar-refractivity contribution in [3.63, 3.8) is 0 Å². The molecule has 124 valence electrons. The first kappa shape index (κ1) is 16.2. The van der Waals surface area contributed by atoms with Crippen LogP contribution in [0.3, 0.4) is 0 Å². The van der Waals surface area contributed by atoms with Crippen molar-refractivity contribution >= 4 is 11.9 Å². The summed E-state index contributed by atoms with van der Waals surface area (Å²) in [7, 11) is 0. The molecule has 24 heavy (non-hydrogen) atoms. The minimum Gasteiger partial charge on any atom is -0.478 e. The maximum absolute atomic E-state index is 12.9.